The maximum Gasteiger partial charge on any atom is 0.364 e. The molecular weight excluding hydrogens is 430 g/mol. The number of ether oxygens (including phenoxy) is 3. The van der Waals surface area contributed by atoms with Crippen LogP contribution in [-0.4, -0.2) is 40.8 Å². The van der Waals surface area contributed by atoms with E-state index < -0.39 is 35.0 Å². The van der Waals surface area contributed by atoms with Crippen LogP contribution in [0.25, 0.3) is 0 Å². The Hall–Kier alpha value is -2.94. The van der Waals surface area contributed by atoms with Gasteiger partial charge in [0.1, 0.15) is 0 Å². The van der Waals surface area contributed by atoms with E-state index in [1.807, 2.05) is 6.92 Å². The van der Waals surface area contributed by atoms with E-state index in [9.17, 15) is 24.3 Å². The predicted molar refractivity (Wildman–Crippen MR) is 121 cm³/mol. The average molecular weight is 466 g/mol. The van der Waals surface area contributed by atoms with Crippen molar-refractivity contribution >= 4 is 23.9 Å². The first-order valence-electron chi connectivity index (χ1n) is 11.1. The fourth-order valence-corrected chi connectivity index (χ4v) is 2.61. The van der Waals surface area contributed by atoms with Gasteiger partial charge in [0.05, 0.1) is 5.41 Å². The van der Waals surface area contributed by atoms with Gasteiger partial charge in [0.2, 0.25) is 0 Å². The number of rotatable bonds is 11. The van der Waals surface area contributed by atoms with Crippen LogP contribution >= 0.6 is 0 Å². The first-order chi connectivity index (χ1) is 15.3. The number of aliphatic carboxylic acids is 1. The molecule has 33 heavy (non-hydrogen) atoms. The van der Waals surface area contributed by atoms with Crippen molar-refractivity contribution in [3.63, 3.8) is 0 Å². The van der Waals surface area contributed by atoms with Crippen LogP contribution in [0.1, 0.15) is 73.3 Å². The molecule has 0 aliphatic carbocycles. The van der Waals surface area contributed by atoms with Crippen LogP contribution < -0.4 is 14.8 Å². The number of nitrogens with one attached hydrogen (secondary N) is 1. The lowest BCUT2D eigenvalue weighted by Gasteiger charge is -2.35. The predicted octanol–water partition coefficient (Wildman–Crippen LogP) is 3.62. The SMILES string of the molecule is CCC(=O)Oc1ccc(C[C@](NC(C)CC)(OC(=O)C(C)(C)C)C(=O)O)cc1OC(=O)CC. The van der Waals surface area contributed by atoms with E-state index in [4.69, 9.17) is 14.2 Å². The maximum atomic E-state index is 12.7. The van der Waals surface area contributed by atoms with Gasteiger partial charge in [-0.25, -0.2) is 4.79 Å². The third kappa shape index (κ3) is 8.16. The maximum absolute atomic E-state index is 12.7. The standard InChI is InChI=1S/C24H35NO8/c1-8-15(4)25-24(21(28)29,33-22(30)23(5,6)7)14-16-11-12-17(31-19(26)9-2)18(13-16)32-20(27)10-3/h11-13,15,25H,8-10,14H2,1-7H3,(H,28,29)/t15?,24-/m0/s1. The van der Waals surface area contributed by atoms with Gasteiger partial charge in [-0.3, -0.25) is 19.7 Å². The number of hydrogen-bond donors (Lipinski definition) is 2. The zero-order chi connectivity index (χ0) is 25.4. The lowest BCUT2D eigenvalue weighted by Crippen LogP contribution is -2.60. The Morgan fingerprint density at radius 2 is 1.52 bits per heavy atom. The molecule has 1 unspecified atom stereocenters. The molecule has 0 saturated carbocycles. The molecular formula is C24H35NO8. The highest BCUT2D eigenvalue weighted by atomic mass is 16.6. The topological polar surface area (TPSA) is 128 Å². The highest BCUT2D eigenvalue weighted by Crippen LogP contribution is 2.32. The van der Waals surface area contributed by atoms with E-state index in [-0.39, 0.29) is 36.8 Å². The van der Waals surface area contributed by atoms with Crippen LogP contribution in [0.4, 0.5) is 0 Å². The van der Waals surface area contributed by atoms with Gasteiger partial charge in [0, 0.05) is 25.3 Å². The molecule has 0 radical (unpaired) electrons. The van der Waals surface area contributed by atoms with E-state index in [0.717, 1.165) is 0 Å². The largest absolute Gasteiger partial charge is 0.477 e. The Morgan fingerprint density at radius 3 is 1.97 bits per heavy atom. The molecule has 0 saturated heterocycles. The first kappa shape index (κ1) is 28.1. The van der Waals surface area contributed by atoms with E-state index in [0.29, 0.717) is 12.0 Å². The average Bonchev–Trinajstić information content (AvgIpc) is 2.74. The summed E-state index contributed by atoms with van der Waals surface area (Å²) in [4.78, 5) is 48.7. The minimum atomic E-state index is -2.06. The van der Waals surface area contributed by atoms with Gasteiger partial charge in [-0.2, -0.15) is 0 Å². The second-order valence-electron chi connectivity index (χ2n) is 8.84. The second-order valence-corrected chi connectivity index (χ2v) is 8.84. The number of esters is 3. The fraction of sp³-hybridized carbons (Fsp3) is 0.583. The second kappa shape index (κ2) is 11.8. The smallest absolute Gasteiger partial charge is 0.364 e. The van der Waals surface area contributed by atoms with Crippen molar-refractivity contribution in [3.05, 3.63) is 23.8 Å². The molecule has 1 aromatic carbocycles. The minimum Gasteiger partial charge on any atom is -0.477 e. The van der Waals surface area contributed by atoms with E-state index in [1.54, 1.807) is 41.5 Å². The number of benzene rings is 1. The van der Waals surface area contributed by atoms with Crippen LogP contribution in [-0.2, 0) is 30.3 Å². The van der Waals surface area contributed by atoms with Gasteiger partial charge in [-0.1, -0.05) is 26.8 Å². The normalized spacial score (nSPS) is 14.0. The number of carbonyl (C=O) groups is 4. The van der Waals surface area contributed by atoms with Gasteiger partial charge in [0.15, 0.2) is 11.5 Å². The molecule has 0 amide bonds. The Balaban J connectivity index is 3.48. The quantitative estimate of drug-likeness (QED) is 0.286. The van der Waals surface area contributed by atoms with Crippen LogP contribution in [0, 0.1) is 5.41 Å². The molecule has 2 N–H and O–H groups in total. The Bertz CT molecular complexity index is 874. The molecule has 0 spiro atoms. The van der Waals surface area contributed by atoms with Crippen molar-refractivity contribution < 1.29 is 38.5 Å². The van der Waals surface area contributed by atoms with Crippen molar-refractivity contribution in [2.75, 3.05) is 0 Å². The summed E-state index contributed by atoms with van der Waals surface area (Å²) in [6.45, 7) is 11.8. The van der Waals surface area contributed by atoms with Crippen LogP contribution in [0.3, 0.4) is 0 Å². The summed E-state index contributed by atoms with van der Waals surface area (Å²) in [5.41, 5.74) is -2.60. The summed E-state index contributed by atoms with van der Waals surface area (Å²) in [5.74, 6) is -3.11. The third-order valence-electron chi connectivity index (χ3n) is 4.80. The third-order valence-corrected chi connectivity index (χ3v) is 4.80. The van der Waals surface area contributed by atoms with Crippen molar-refractivity contribution in [3.8, 4) is 11.5 Å². The van der Waals surface area contributed by atoms with Gasteiger partial charge < -0.3 is 19.3 Å². The van der Waals surface area contributed by atoms with Gasteiger partial charge in [-0.15, -0.1) is 0 Å². The van der Waals surface area contributed by atoms with Crippen molar-refractivity contribution in [1.82, 2.24) is 5.32 Å². The fourth-order valence-electron chi connectivity index (χ4n) is 2.61. The molecule has 1 rings (SSSR count). The van der Waals surface area contributed by atoms with Crippen LogP contribution in [0.5, 0.6) is 11.5 Å². The minimum absolute atomic E-state index is 0.0221. The first-order valence-corrected chi connectivity index (χ1v) is 11.1. The Kier molecular flexibility index (Phi) is 10.0. The molecule has 0 fully saturated rings. The van der Waals surface area contributed by atoms with Crippen molar-refractivity contribution in [2.24, 2.45) is 5.41 Å². The Morgan fingerprint density at radius 1 is 0.970 bits per heavy atom. The summed E-state index contributed by atoms with van der Waals surface area (Å²) in [6.07, 6.45) is 0.538. The van der Waals surface area contributed by atoms with Gasteiger partial charge >= 0.3 is 23.9 Å². The van der Waals surface area contributed by atoms with Gasteiger partial charge in [0.25, 0.3) is 5.72 Å². The highest BCUT2D eigenvalue weighted by molar-refractivity contribution is 5.84. The molecule has 9 heteroatoms. The molecule has 184 valence electrons. The Labute approximate surface area is 194 Å². The summed E-state index contributed by atoms with van der Waals surface area (Å²) >= 11 is 0. The van der Waals surface area contributed by atoms with Crippen molar-refractivity contribution in [2.45, 2.75) is 85.9 Å². The molecule has 0 aliphatic heterocycles. The van der Waals surface area contributed by atoms with Crippen LogP contribution in [0.15, 0.2) is 18.2 Å². The van der Waals surface area contributed by atoms with Crippen LogP contribution in [0.2, 0.25) is 0 Å². The molecule has 2 atom stereocenters. The van der Waals surface area contributed by atoms with Gasteiger partial charge in [-0.05, 0) is 51.8 Å². The number of hydrogen-bond acceptors (Lipinski definition) is 8. The summed E-state index contributed by atoms with van der Waals surface area (Å²) in [6, 6.07) is 4.08. The summed E-state index contributed by atoms with van der Waals surface area (Å²) in [5, 5.41) is 13.0. The molecule has 9 nitrogen and oxygen atoms in total. The zero-order valence-corrected chi connectivity index (χ0v) is 20.4. The lowest BCUT2D eigenvalue weighted by molar-refractivity contribution is -0.190. The highest BCUT2D eigenvalue weighted by Gasteiger charge is 2.45. The molecule has 0 aliphatic rings. The molecule has 0 bridgehead atoms. The summed E-state index contributed by atoms with van der Waals surface area (Å²) in [7, 11) is 0. The van der Waals surface area contributed by atoms with E-state index in [1.165, 1.54) is 18.2 Å². The number of carbonyl (C=O) groups excluding carboxylic acids is 3. The van der Waals surface area contributed by atoms with E-state index in [2.05, 4.69) is 5.32 Å². The zero-order valence-electron chi connectivity index (χ0n) is 20.4. The molecule has 1 aromatic rings. The number of carboxylic acid groups (broad SMARTS) is 1. The van der Waals surface area contributed by atoms with Crippen molar-refractivity contribution in [1.29, 1.82) is 0 Å². The monoisotopic (exact) mass is 465 g/mol. The summed E-state index contributed by atoms with van der Waals surface area (Å²) < 4.78 is 16.1. The molecule has 0 heterocycles. The molecule has 0 aromatic heterocycles. The van der Waals surface area contributed by atoms with E-state index >= 15 is 0 Å². The lowest BCUT2D eigenvalue weighted by atomic mass is 9.95. The number of carboxylic acids is 1.